The van der Waals surface area contributed by atoms with Crippen LogP contribution in [0.25, 0.3) is 5.69 Å². The number of hydrazine groups is 1. The van der Waals surface area contributed by atoms with Crippen LogP contribution in [0.4, 0.5) is 9.18 Å². The molecule has 2 amide bonds. The summed E-state index contributed by atoms with van der Waals surface area (Å²) in [5, 5.41) is 4.35. The van der Waals surface area contributed by atoms with Gasteiger partial charge in [0.25, 0.3) is 5.91 Å². The number of carbonyl (C=O) groups excluding carboxylic acids is 2. The predicted octanol–water partition coefficient (Wildman–Crippen LogP) is 1.89. The lowest BCUT2D eigenvalue weighted by molar-refractivity contribution is 0.0906. The van der Waals surface area contributed by atoms with Crippen molar-refractivity contribution in [3.05, 3.63) is 47.0 Å². The summed E-state index contributed by atoms with van der Waals surface area (Å²) in [5.74, 6) is -0.846. The van der Waals surface area contributed by atoms with E-state index in [0.717, 1.165) is 30.5 Å². The molecule has 3 rings (SSSR count). The van der Waals surface area contributed by atoms with Crippen LogP contribution in [-0.2, 0) is 17.6 Å². The molecule has 0 saturated heterocycles. The van der Waals surface area contributed by atoms with Gasteiger partial charge >= 0.3 is 6.09 Å². The molecule has 24 heavy (non-hydrogen) atoms. The van der Waals surface area contributed by atoms with Gasteiger partial charge in [-0.1, -0.05) is 0 Å². The number of amides is 2. The molecule has 126 valence electrons. The standard InChI is InChI=1S/C16H17FN4O3/c1-2-24-16(23)19-18-15(22)14-12-4-3-5-13(12)21(20-14)11-8-6-10(17)7-9-11/h6-9H,2-5H2,1H3,(H,18,22)(H,19,23). The average Bonchev–Trinajstić information content (AvgIpc) is 3.16. The number of ether oxygens (including phenoxy) is 1. The highest BCUT2D eigenvalue weighted by atomic mass is 19.1. The zero-order valence-electron chi connectivity index (χ0n) is 13.1. The Morgan fingerprint density at radius 2 is 2.00 bits per heavy atom. The molecule has 0 bridgehead atoms. The molecule has 7 nitrogen and oxygen atoms in total. The number of aromatic nitrogens is 2. The van der Waals surface area contributed by atoms with Crippen molar-refractivity contribution in [3.8, 4) is 5.69 Å². The molecule has 0 unspecified atom stereocenters. The quantitative estimate of drug-likeness (QED) is 0.841. The molecule has 0 saturated carbocycles. The van der Waals surface area contributed by atoms with Crippen LogP contribution < -0.4 is 10.9 Å². The highest BCUT2D eigenvalue weighted by molar-refractivity contribution is 5.95. The first-order valence-corrected chi connectivity index (χ1v) is 7.70. The molecule has 0 atom stereocenters. The maximum atomic E-state index is 13.1. The van der Waals surface area contributed by atoms with Gasteiger partial charge in [-0.05, 0) is 50.5 Å². The van der Waals surface area contributed by atoms with E-state index in [4.69, 9.17) is 0 Å². The van der Waals surface area contributed by atoms with Crippen molar-refractivity contribution in [2.24, 2.45) is 0 Å². The van der Waals surface area contributed by atoms with Gasteiger partial charge in [0.15, 0.2) is 5.69 Å². The van der Waals surface area contributed by atoms with E-state index in [9.17, 15) is 14.0 Å². The topological polar surface area (TPSA) is 85.2 Å². The van der Waals surface area contributed by atoms with Gasteiger partial charge in [-0.15, -0.1) is 0 Å². The van der Waals surface area contributed by atoms with Gasteiger partial charge in [-0.25, -0.2) is 19.3 Å². The van der Waals surface area contributed by atoms with E-state index in [-0.39, 0.29) is 18.1 Å². The Morgan fingerprint density at radius 1 is 1.25 bits per heavy atom. The second-order valence-corrected chi connectivity index (χ2v) is 5.32. The number of nitrogens with zero attached hydrogens (tertiary/aromatic N) is 2. The fourth-order valence-corrected chi connectivity index (χ4v) is 2.75. The van der Waals surface area contributed by atoms with Crippen LogP contribution >= 0.6 is 0 Å². The number of nitrogens with one attached hydrogen (secondary N) is 2. The molecular weight excluding hydrogens is 315 g/mol. The fourth-order valence-electron chi connectivity index (χ4n) is 2.75. The summed E-state index contributed by atoms with van der Waals surface area (Å²) in [6.07, 6.45) is 1.71. The zero-order valence-corrected chi connectivity index (χ0v) is 13.1. The molecule has 1 aromatic carbocycles. The monoisotopic (exact) mass is 332 g/mol. The third-order valence-corrected chi connectivity index (χ3v) is 3.77. The molecule has 0 radical (unpaired) electrons. The van der Waals surface area contributed by atoms with E-state index < -0.39 is 12.0 Å². The Balaban J connectivity index is 1.84. The van der Waals surface area contributed by atoms with Crippen molar-refractivity contribution in [1.82, 2.24) is 20.6 Å². The van der Waals surface area contributed by atoms with Gasteiger partial charge in [-0.3, -0.25) is 10.2 Å². The van der Waals surface area contributed by atoms with Crippen LogP contribution in [0.2, 0.25) is 0 Å². The van der Waals surface area contributed by atoms with Gasteiger partial charge in [0.2, 0.25) is 0 Å². The average molecular weight is 332 g/mol. The second-order valence-electron chi connectivity index (χ2n) is 5.32. The second kappa shape index (κ2) is 6.69. The Labute approximate surface area is 137 Å². The Hall–Kier alpha value is -2.90. The minimum atomic E-state index is -0.736. The normalized spacial score (nSPS) is 12.6. The van der Waals surface area contributed by atoms with E-state index in [2.05, 4.69) is 20.7 Å². The summed E-state index contributed by atoms with van der Waals surface area (Å²) in [6.45, 7) is 1.87. The van der Waals surface area contributed by atoms with E-state index in [0.29, 0.717) is 5.69 Å². The summed E-state index contributed by atoms with van der Waals surface area (Å²) in [6, 6.07) is 5.92. The first kappa shape index (κ1) is 16.0. The van der Waals surface area contributed by atoms with Crippen LogP contribution in [0.1, 0.15) is 35.1 Å². The molecule has 0 spiro atoms. The highest BCUT2D eigenvalue weighted by Gasteiger charge is 2.27. The molecule has 8 heteroatoms. The van der Waals surface area contributed by atoms with E-state index >= 15 is 0 Å². The number of fused-ring (bicyclic) bond motifs is 1. The summed E-state index contributed by atoms with van der Waals surface area (Å²) in [7, 11) is 0. The number of carbonyl (C=O) groups is 2. The molecule has 0 aliphatic heterocycles. The summed E-state index contributed by atoms with van der Waals surface area (Å²) in [4.78, 5) is 23.6. The van der Waals surface area contributed by atoms with Gasteiger partial charge in [0.1, 0.15) is 5.82 Å². The molecule has 2 aromatic rings. The lowest BCUT2D eigenvalue weighted by Gasteiger charge is -2.06. The smallest absolute Gasteiger partial charge is 0.426 e. The molecular formula is C16H17FN4O3. The number of hydrogen-bond donors (Lipinski definition) is 2. The number of halogens is 1. The highest BCUT2D eigenvalue weighted by Crippen LogP contribution is 2.27. The number of rotatable bonds is 3. The van der Waals surface area contributed by atoms with E-state index in [1.807, 2.05) is 0 Å². The first-order chi connectivity index (χ1) is 11.6. The third kappa shape index (κ3) is 3.08. The summed E-state index contributed by atoms with van der Waals surface area (Å²) < 4.78 is 19.4. The van der Waals surface area contributed by atoms with E-state index in [1.54, 1.807) is 23.7 Å². The van der Waals surface area contributed by atoms with Gasteiger partial charge < -0.3 is 4.74 Å². The Morgan fingerprint density at radius 3 is 2.71 bits per heavy atom. The van der Waals surface area contributed by atoms with Crippen molar-refractivity contribution in [1.29, 1.82) is 0 Å². The lowest BCUT2D eigenvalue weighted by Crippen LogP contribution is -2.42. The Bertz CT molecular complexity index is 770. The van der Waals surface area contributed by atoms with Crippen molar-refractivity contribution < 1.29 is 18.7 Å². The van der Waals surface area contributed by atoms with Crippen molar-refractivity contribution in [2.75, 3.05) is 6.61 Å². The maximum absolute atomic E-state index is 13.1. The van der Waals surface area contributed by atoms with Gasteiger partial charge in [-0.2, -0.15) is 5.10 Å². The van der Waals surface area contributed by atoms with Crippen LogP contribution in [0, 0.1) is 5.82 Å². The molecule has 1 aliphatic carbocycles. The largest absolute Gasteiger partial charge is 0.449 e. The van der Waals surface area contributed by atoms with E-state index in [1.165, 1.54) is 12.1 Å². The SMILES string of the molecule is CCOC(=O)NNC(=O)c1nn(-c2ccc(F)cc2)c2c1CCC2. The number of benzene rings is 1. The zero-order chi connectivity index (χ0) is 17.1. The molecule has 1 heterocycles. The minimum absolute atomic E-state index is 0.205. The van der Waals surface area contributed by atoms with Crippen molar-refractivity contribution >= 4 is 12.0 Å². The van der Waals surface area contributed by atoms with Crippen LogP contribution in [0.15, 0.2) is 24.3 Å². The molecule has 2 N–H and O–H groups in total. The van der Waals surface area contributed by atoms with Crippen molar-refractivity contribution in [2.45, 2.75) is 26.2 Å². The lowest BCUT2D eigenvalue weighted by atomic mass is 10.2. The van der Waals surface area contributed by atoms with Crippen LogP contribution in [0.3, 0.4) is 0 Å². The number of hydrogen-bond acceptors (Lipinski definition) is 4. The first-order valence-electron chi connectivity index (χ1n) is 7.70. The van der Waals surface area contributed by atoms with Crippen LogP contribution in [-0.4, -0.2) is 28.4 Å². The summed E-state index contributed by atoms with van der Waals surface area (Å²) >= 11 is 0. The Kier molecular flexibility index (Phi) is 4.45. The molecule has 1 aliphatic rings. The fraction of sp³-hybridized carbons (Fsp3) is 0.312. The molecule has 0 fully saturated rings. The van der Waals surface area contributed by atoms with Gasteiger partial charge in [0, 0.05) is 11.3 Å². The maximum Gasteiger partial charge on any atom is 0.426 e. The molecule has 1 aromatic heterocycles. The van der Waals surface area contributed by atoms with Gasteiger partial charge in [0.05, 0.1) is 12.3 Å². The summed E-state index contributed by atoms with van der Waals surface area (Å²) in [5.41, 5.74) is 7.18. The predicted molar refractivity (Wildman–Crippen MR) is 83.2 cm³/mol. The van der Waals surface area contributed by atoms with Crippen LogP contribution in [0.5, 0.6) is 0 Å². The third-order valence-electron chi connectivity index (χ3n) is 3.77. The minimum Gasteiger partial charge on any atom is -0.449 e. The van der Waals surface area contributed by atoms with Crippen molar-refractivity contribution in [3.63, 3.8) is 0 Å².